The van der Waals surface area contributed by atoms with Crippen LogP contribution in [0.1, 0.15) is 24.9 Å². The Labute approximate surface area is 175 Å². The smallest absolute Gasteiger partial charge is 0.241 e. The first-order valence-electron chi connectivity index (χ1n) is 10.7. The number of anilines is 1. The fourth-order valence-corrected chi connectivity index (χ4v) is 3.90. The molecule has 0 saturated carbocycles. The third-order valence-corrected chi connectivity index (χ3v) is 5.75. The molecule has 1 unspecified atom stereocenters. The summed E-state index contributed by atoms with van der Waals surface area (Å²) < 4.78 is 0. The molecule has 0 aromatic heterocycles. The van der Waals surface area contributed by atoms with Gasteiger partial charge < -0.3 is 10.2 Å². The van der Waals surface area contributed by atoms with Gasteiger partial charge in [-0.05, 0) is 44.3 Å². The van der Waals surface area contributed by atoms with Gasteiger partial charge in [-0.1, -0.05) is 55.5 Å². The molecule has 3 rings (SSSR count). The number of carbonyl (C=O) groups excluding carboxylic acids is 1. The van der Waals surface area contributed by atoms with E-state index < -0.39 is 0 Å². The molecule has 1 atom stereocenters. The van der Waals surface area contributed by atoms with E-state index in [0.717, 1.165) is 57.8 Å². The lowest BCUT2D eigenvalue weighted by Crippen LogP contribution is -2.47. The van der Waals surface area contributed by atoms with Gasteiger partial charge in [0.25, 0.3) is 0 Å². The van der Waals surface area contributed by atoms with Crippen LogP contribution in [0.25, 0.3) is 0 Å². The van der Waals surface area contributed by atoms with Crippen LogP contribution in [0.3, 0.4) is 0 Å². The third kappa shape index (κ3) is 6.05. The Kier molecular flexibility index (Phi) is 8.08. The Morgan fingerprint density at radius 3 is 2.24 bits per heavy atom. The first-order chi connectivity index (χ1) is 14.2. The Balaban J connectivity index is 1.40. The summed E-state index contributed by atoms with van der Waals surface area (Å²) in [4.78, 5) is 19.9. The van der Waals surface area contributed by atoms with Gasteiger partial charge in [-0.25, -0.2) is 0 Å². The first-order valence-corrected chi connectivity index (χ1v) is 10.7. The van der Waals surface area contributed by atoms with E-state index in [2.05, 4.69) is 57.3 Å². The van der Waals surface area contributed by atoms with Gasteiger partial charge in [0.2, 0.25) is 5.91 Å². The lowest BCUT2D eigenvalue weighted by Gasteiger charge is -2.36. The molecule has 1 aliphatic rings. The number of para-hydroxylation sites is 1. The molecule has 2 aromatic rings. The zero-order valence-electron chi connectivity index (χ0n) is 17.8. The van der Waals surface area contributed by atoms with E-state index in [4.69, 9.17) is 0 Å². The van der Waals surface area contributed by atoms with Crippen molar-refractivity contribution in [2.45, 2.75) is 19.4 Å². The standard InChI is InChI=1S/C24H34N4O/c1-3-26(2)23(21-11-6-4-7-12-21)24(29)25-15-10-16-27-17-19-28(20-18-27)22-13-8-5-9-14-22/h4-9,11-14,23H,3,10,15-20H2,1-2H3,(H,25,29). The van der Waals surface area contributed by atoms with Crippen LogP contribution in [-0.4, -0.2) is 68.6 Å². The van der Waals surface area contributed by atoms with Crippen LogP contribution in [-0.2, 0) is 4.79 Å². The second-order valence-electron chi connectivity index (χ2n) is 7.70. The zero-order chi connectivity index (χ0) is 20.5. The fraction of sp³-hybridized carbons (Fsp3) is 0.458. The lowest BCUT2D eigenvalue weighted by atomic mass is 10.0. The van der Waals surface area contributed by atoms with Crippen LogP contribution in [0, 0.1) is 0 Å². The highest BCUT2D eigenvalue weighted by atomic mass is 16.2. The number of piperazine rings is 1. The van der Waals surface area contributed by atoms with Crippen LogP contribution in [0.15, 0.2) is 60.7 Å². The molecule has 29 heavy (non-hydrogen) atoms. The SMILES string of the molecule is CCN(C)C(C(=O)NCCCN1CCN(c2ccccc2)CC1)c1ccccc1. The summed E-state index contributed by atoms with van der Waals surface area (Å²) in [6.45, 7) is 8.95. The molecule has 0 bridgehead atoms. The summed E-state index contributed by atoms with van der Waals surface area (Å²) in [6, 6.07) is 20.4. The molecule has 0 spiro atoms. The number of hydrogen-bond acceptors (Lipinski definition) is 4. The van der Waals surface area contributed by atoms with Gasteiger partial charge in [-0.2, -0.15) is 0 Å². The van der Waals surface area contributed by atoms with Crippen molar-refractivity contribution in [1.82, 2.24) is 15.1 Å². The monoisotopic (exact) mass is 394 g/mol. The number of likely N-dealkylation sites (N-methyl/N-ethyl adjacent to an activating group) is 1. The summed E-state index contributed by atoms with van der Waals surface area (Å²) in [5.74, 6) is 0.0921. The molecule has 156 valence electrons. The van der Waals surface area contributed by atoms with Gasteiger partial charge in [0.15, 0.2) is 0 Å². The van der Waals surface area contributed by atoms with Crippen molar-refractivity contribution < 1.29 is 4.79 Å². The molecule has 0 aliphatic carbocycles. The minimum Gasteiger partial charge on any atom is -0.369 e. The van der Waals surface area contributed by atoms with Crippen molar-refractivity contribution in [2.75, 3.05) is 57.8 Å². The second kappa shape index (κ2) is 11.0. The summed E-state index contributed by atoms with van der Waals surface area (Å²) in [5.41, 5.74) is 2.36. The van der Waals surface area contributed by atoms with Gasteiger partial charge in [0, 0.05) is 38.4 Å². The molecule has 1 aliphatic heterocycles. The average molecular weight is 395 g/mol. The average Bonchev–Trinajstić information content (AvgIpc) is 2.78. The van der Waals surface area contributed by atoms with Gasteiger partial charge in [-0.3, -0.25) is 14.6 Å². The van der Waals surface area contributed by atoms with Crippen molar-refractivity contribution in [2.24, 2.45) is 0 Å². The normalized spacial score (nSPS) is 16.0. The van der Waals surface area contributed by atoms with Crippen molar-refractivity contribution in [3.8, 4) is 0 Å². The van der Waals surface area contributed by atoms with Gasteiger partial charge in [0.1, 0.15) is 6.04 Å². The van der Waals surface area contributed by atoms with E-state index in [1.165, 1.54) is 5.69 Å². The lowest BCUT2D eigenvalue weighted by molar-refractivity contribution is -0.126. The summed E-state index contributed by atoms with van der Waals surface area (Å²) in [6.07, 6.45) is 0.981. The molecular formula is C24H34N4O. The number of rotatable bonds is 9. The van der Waals surface area contributed by atoms with Crippen molar-refractivity contribution in [1.29, 1.82) is 0 Å². The molecule has 1 amide bonds. The topological polar surface area (TPSA) is 38.8 Å². The Morgan fingerprint density at radius 1 is 1.00 bits per heavy atom. The molecule has 0 radical (unpaired) electrons. The van der Waals surface area contributed by atoms with Gasteiger partial charge in [-0.15, -0.1) is 0 Å². The van der Waals surface area contributed by atoms with Gasteiger partial charge >= 0.3 is 0 Å². The minimum absolute atomic E-state index is 0.0921. The number of amides is 1. The van der Waals surface area contributed by atoms with Gasteiger partial charge in [0.05, 0.1) is 0 Å². The highest BCUT2D eigenvalue weighted by Crippen LogP contribution is 2.19. The minimum atomic E-state index is -0.226. The highest BCUT2D eigenvalue weighted by molar-refractivity contribution is 5.83. The van der Waals surface area contributed by atoms with E-state index in [0.29, 0.717) is 0 Å². The van der Waals surface area contributed by atoms with E-state index >= 15 is 0 Å². The summed E-state index contributed by atoms with van der Waals surface area (Å²) in [5, 5.41) is 3.15. The maximum atomic E-state index is 12.8. The number of nitrogens with one attached hydrogen (secondary N) is 1. The van der Waals surface area contributed by atoms with Crippen molar-refractivity contribution >= 4 is 11.6 Å². The molecule has 1 N–H and O–H groups in total. The highest BCUT2D eigenvalue weighted by Gasteiger charge is 2.23. The number of carbonyl (C=O) groups is 1. The zero-order valence-corrected chi connectivity index (χ0v) is 17.8. The maximum Gasteiger partial charge on any atom is 0.241 e. The Hall–Kier alpha value is -2.37. The predicted octanol–water partition coefficient (Wildman–Crippen LogP) is 3.01. The third-order valence-electron chi connectivity index (χ3n) is 5.75. The van der Waals surface area contributed by atoms with E-state index in [1.807, 2.05) is 37.4 Å². The quantitative estimate of drug-likeness (QED) is 0.664. The van der Waals surface area contributed by atoms with Crippen LogP contribution in [0.4, 0.5) is 5.69 Å². The van der Waals surface area contributed by atoms with E-state index in [-0.39, 0.29) is 11.9 Å². The molecule has 1 fully saturated rings. The van der Waals surface area contributed by atoms with Crippen LogP contribution >= 0.6 is 0 Å². The number of hydrogen-bond donors (Lipinski definition) is 1. The Bertz CT molecular complexity index is 729. The Morgan fingerprint density at radius 2 is 1.62 bits per heavy atom. The first kappa shape index (κ1) is 21.3. The molecular weight excluding hydrogens is 360 g/mol. The number of nitrogens with zero attached hydrogens (tertiary/aromatic N) is 3. The number of benzene rings is 2. The maximum absolute atomic E-state index is 12.8. The summed E-state index contributed by atoms with van der Waals surface area (Å²) >= 11 is 0. The molecule has 1 heterocycles. The van der Waals surface area contributed by atoms with Crippen LogP contribution in [0.2, 0.25) is 0 Å². The molecule has 5 nitrogen and oxygen atoms in total. The molecule has 2 aromatic carbocycles. The van der Waals surface area contributed by atoms with E-state index in [9.17, 15) is 4.79 Å². The predicted molar refractivity (Wildman–Crippen MR) is 120 cm³/mol. The summed E-state index contributed by atoms with van der Waals surface area (Å²) in [7, 11) is 2.00. The second-order valence-corrected chi connectivity index (χ2v) is 7.70. The fourth-order valence-electron chi connectivity index (χ4n) is 3.90. The van der Waals surface area contributed by atoms with Crippen molar-refractivity contribution in [3.05, 3.63) is 66.2 Å². The van der Waals surface area contributed by atoms with E-state index in [1.54, 1.807) is 0 Å². The van der Waals surface area contributed by atoms with Crippen molar-refractivity contribution in [3.63, 3.8) is 0 Å². The van der Waals surface area contributed by atoms with Crippen LogP contribution in [0.5, 0.6) is 0 Å². The van der Waals surface area contributed by atoms with Crippen LogP contribution < -0.4 is 10.2 Å². The largest absolute Gasteiger partial charge is 0.369 e. The molecule has 1 saturated heterocycles. The molecule has 5 heteroatoms.